The fraction of sp³-hybridized carbons (Fsp3) is 0.176. The molecule has 0 N–H and O–H groups in total. The normalized spacial score (nSPS) is 13.8. The first kappa shape index (κ1) is 13.8. The van der Waals surface area contributed by atoms with Crippen LogP contribution in [0.2, 0.25) is 5.02 Å². The van der Waals surface area contributed by atoms with Crippen molar-refractivity contribution in [2.45, 2.75) is 20.4 Å². The fourth-order valence-electron chi connectivity index (χ4n) is 2.77. The number of amides is 1. The Morgan fingerprint density at radius 2 is 1.67 bits per heavy atom. The van der Waals surface area contributed by atoms with E-state index in [1.54, 1.807) is 18.2 Å². The number of hydrogen-bond acceptors (Lipinski definition) is 2. The maximum atomic E-state index is 12.2. The van der Waals surface area contributed by atoms with Gasteiger partial charge in [-0.2, -0.15) is 0 Å². The Bertz CT molecular complexity index is 747. The van der Waals surface area contributed by atoms with E-state index in [9.17, 15) is 9.59 Å². The quantitative estimate of drug-likeness (QED) is 0.793. The Labute approximate surface area is 128 Å². The molecule has 21 heavy (non-hydrogen) atoms. The first-order valence-electron chi connectivity index (χ1n) is 6.68. The molecule has 0 unspecified atom stereocenters. The van der Waals surface area contributed by atoms with E-state index in [-0.39, 0.29) is 0 Å². The molecule has 3 nitrogen and oxygen atoms in total. The van der Waals surface area contributed by atoms with E-state index in [2.05, 4.69) is 6.07 Å². The molecule has 0 radical (unpaired) electrons. The van der Waals surface area contributed by atoms with Crippen LogP contribution in [0, 0.1) is 13.8 Å². The minimum atomic E-state index is -0.494. The zero-order chi connectivity index (χ0) is 15.1. The molecule has 2 aromatic carbocycles. The molecule has 0 aliphatic carbocycles. The Hall–Kier alpha value is -2.13. The Morgan fingerprint density at radius 3 is 2.33 bits per heavy atom. The number of rotatable bonds is 2. The van der Waals surface area contributed by atoms with Crippen molar-refractivity contribution >= 4 is 29.0 Å². The van der Waals surface area contributed by atoms with Gasteiger partial charge in [0.2, 0.25) is 0 Å². The molecule has 106 valence electrons. The van der Waals surface area contributed by atoms with Crippen LogP contribution in [-0.4, -0.2) is 11.7 Å². The molecule has 3 rings (SSSR count). The van der Waals surface area contributed by atoms with E-state index < -0.39 is 11.7 Å². The lowest BCUT2D eigenvalue weighted by molar-refractivity contribution is -0.114. The van der Waals surface area contributed by atoms with Crippen molar-refractivity contribution < 1.29 is 9.59 Å². The summed E-state index contributed by atoms with van der Waals surface area (Å²) < 4.78 is 0. The van der Waals surface area contributed by atoms with E-state index in [4.69, 9.17) is 11.6 Å². The maximum absolute atomic E-state index is 12.2. The molecular formula is C17H14ClNO2. The highest BCUT2D eigenvalue weighted by atomic mass is 35.5. The summed E-state index contributed by atoms with van der Waals surface area (Å²) in [7, 11) is 0. The molecule has 0 fully saturated rings. The molecule has 0 spiro atoms. The topological polar surface area (TPSA) is 37.4 Å². The molecule has 1 heterocycles. The standard InChI is InChI=1S/C17H14ClNO2/c1-10-5-11(2)7-12(6-10)9-19-15-8-13(18)3-4-14(15)16(20)17(19)21/h3-8H,9H2,1-2H3. The second kappa shape index (κ2) is 5.01. The van der Waals surface area contributed by atoms with Gasteiger partial charge in [0.25, 0.3) is 11.7 Å². The van der Waals surface area contributed by atoms with Crippen LogP contribution < -0.4 is 4.90 Å². The summed E-state index contributed by atoms with van der Waals surface area (Å²) in [5.74, 6) is -0.961. The van der Waals surface area contributed by atoms with Gasteiger partial charge in [-0.3, -0.25) is 9.59 Å². The van der Waals surface area contributed by atoms with Crippen molar-refractivity contribution in [3.05, 3.63) is 63.7 Å². The molecule has 0 saturated heterocycles. The first-order chi connectivity index (χ1) is 9.95. The van der Waals surface area contributed by atoms with Crippen molar-refractivity contribution in [1.82, 2.24) is 0 Å². The number of benzene rings is 2. The average Bonchev–Trinajstić information content (AvgIpc) is 2.62. The predicted molar refractivity (Wildman–Crippen MR) is 82.9 cm³/mol. The molecule has 1 aliphatic heterocycles. The van der Waals surface area contributed by atoms with Crippen LogP contribution in [0.15, 0.2) is 36.4 Å². The van der Waals surface area contributed by atoms with Crippen molar-refractivity contribution in [1.29, 1.82) is 0 Å². The highest BCUT2D eigenvalue weighted by molar-refractivity contribution is 6.52. The van der Waals surface area contributed by atoms with Crippen molar-refractivity contribution in [3.63, 3.8) is 0 Å². The van der Waals surface area contributed by atoms with E-state index in [0.717, 1.165) is 16.7 Å². The largest absolute Gasteiger partial charge is 0.300 e. The minimum absolute atomic E-state index is 0.375. The van der Waals surface area contributed by atoms with Gasteiger partial charge in [-0.1, -0.05) is 40.9 Å². The maximum Gasteiger partial charge on any atom is 0.299 e. The molecule has 0 bridgehead atoms. The van der Waals surface area contributed by atoms with Crippen LogP contribution in [-0.2, 0) is 11.3 Å². The summed E-state index contributed by atoms with van der Waals surface area (Å²) in [6.45, 7) is 4.40. The smallest absolute Gasteiger partial charge is 0.299 e. The molecule has 0 atom stereocenters. The number of carbonyl (C=O) groups is 2. The molecule has 0 saturated carbocycles. The van der Waals surface area contributed by atoms with Gasteiger partial charge in [0, 0.05) is 5.02 Å². The second-order valence-corrected chi connectivity index (χ2v) is 5.81. The zero-order valence-electron chi connectivity index (χ0n) is 11.8. The van der Waals surface area contributed by atoms with Gasteiger partial charge in [-0.05, 0) is 37.6 Å². The highest BCUT2D eigenvalue weighted by Crippen LogP contribution is 2.32. The van der Waals surface area contributed by atoms with Gasteiger partial charge in [-0.15, -0.1) is 0 Å². The summed E-state index contributed by atoms with van der Waals surface area (Å²) >= 11 is 5.99. The van der Waals surface area contributed by atoms with Crippen LogP contribution in [0.4, 0.5) is 5.69 Å². The van der Waals surface area contributed by atoms with Gasteiger partial charge < -0.3 is 4.90 Å². The van der Waals surface area contributed by atoms with E-state index in [0.29, 0.717) is 22.8 Å². The number of carbonyl (C=O) groups excluding carboxylic acids is 2. The lowest BCUT2D eigenvalue weighted by Gasteiger charge is -2.17. The number of aryl methyl sites for hydroxylation is 2. The molecule has 1 amide bonds. The highest BCUT2D eigenvalue weighted by Gasteiger charge is 2.35. The summed E-state index contributed by atoms with van der Waals surface area (Å²) in [4.78, 5) is 25.7. The van der Waals surface area contributed by atoms with Crippen LogP contribution in [0.25, 0.3) is 0 Å². The van der Waals surface area contributed by atoms with Crippen molar-refractivity contribution in [3.8, 4) is 0 Å². The number of anilines is 1. The Kier molecular flexibility index (Phi) is 3.30. The second-order valence-electron chi connectivity index (χ2n) is 5.38. The van der Waals surface area contributed by atoms with Crippen LogP contribution in [0.5, 0.6) is 0 Å². The minimum Gasteiger partial charge on any atom is -0.300 e. The Balaban J connectivity index is 2.01. The van der Waals surface area contributed by atoms with E-state index >= 15 is 0 Å². The lowest BCUT2D eigenvalue weighted by Crippen LogP contribution is -2.29. The van der Waals surface area contributed by atoms with Gasteiger partial charge in [0.15, 0.2) is 0 Å². The number of ketones is 1. The van der Waals surface area contributed by atoms with Crippen LogP contribution in [0.1, 0.15) is 27.0 Å². The summed E-state index contributed by atoms with van der Waals surface area (Å²) in [6, 6.07) is 11.0. The third-order valence-electron chi connectivity index (χ3n) is 3.56. The average molecular weight is 300 g/mol. The lowest BCUT2D eigenvalue weighted by atomic mass is 10.1. The van der Waals surface area contributed by atoms with Crippen molar-refractivity contribution in [2.24, 2.45) is 0 Å². The van der Waals surface area contributed by atoms with Crippen LogP contribution >= 0.6 is 11.6 Å². The van der Waals surface area contributed by atoms with Gasteiger partial charge in [0.1, 0.15) is 0 Å². The third-order valence-corrected chi connectivity index (χ3v) is 3.79. The molecule has 1 aliphatic rings. The molecular weight excluding hydrogens is 286 g/mol. The third kappa shape index (κ3) is 2.45. The first-order valence-corrected chi connectivity index (χ1v) is 7.06. The molecule has 4 heteroatoms. The monoisotopic (exact) mass is 299 g/mol. The SMILES string of the molecule is Cc1cc(C)cc(CN2C(=O)C(=O)c3ccc(Cl)cc32)c1. The fourth-order valence-corrected chi connectivity index (χ4v) is 2.93. The number of fused-ring (bicyclic) bond motifs is 1. The van der Waals surface area contributed by atoms with Gasteiger partial charge in [0.05, 0.1) is 17.8 Å². The molecule has 2 aromatic rings. The van der Waals surface area contributed by atoms with Gasteiger partial charge in [-0.25, -0.2) is 0 Å². The number of hydrogen-bond donors (Lipinski definition) is 0. The number of Topliss-reactive ketones (excluding diaryl/α,β-unsaturated/α-hetero) is 1. The van der Waals surface area contributed by atoms with Gasteiger partial charge >= 0.3 is 0 Å². The summed E-state index contributed by atoms with van der Waals surface area (Å²) in [5, 5.41) is 0.515. The van der Waals surface area contributed by atoms with Crippen LogP contribution in [0.3, 0.4) is 0 Å². The number of nitrogens with zero attached hydrogens (tertiary/aromatic N) is 1. The zero-order valence-corrected chi connectivity index (χ0v) is 12.6. The predicted octanol–water partition coefficient (Wildman–Crippen LogP) is 3.69. The molecule has 0 aromatic heterocycles. The Morgan fingerprint density at radius 1 is 1.00 bits per heavy atom. The summed E-state index contributed by atoms with van der Waals surface area (Å²) in [6.07, 6.45) is 0. The number of halogens is 1. The summed E-state index contributed by atoms with van der Waals surface area (Å²) in [5.41, 5.74) is 4.29. The van der Waals surface area contributed by atoms with E-state index in [1.807, 2.05) is 26.0 Å². The van der Waals surface area contributed by atoms with E-state index in [1.165, 1.54) is 4.90 Å². The van der Waals surface area contributed by atoms with Crippen molar-refractivity contribution in [2.75, 3.05) is 4.90 Å².